The molecule has 0 N–H and O–H groups in total. The van der Waals surface area contributed by atoms with Crippen molar-refractivity contribution in [1.82, 2.24) is 4.90 Å². The molecular weight excluding hydrogens is 650 g/mol. The second-order valence-electron chi connectivity index (χ2n) is 11.6. The van der Waals surface area contributed by atoms with Gasteiger partial charge in [0.2, 0.25) is 0 Å². The minimum Gasteiger partial charge on any atom is -0.377 e. The molecule has 270 valence electrons. The van der Waals surface area contributed by atoms with E-state index in [-0.39, 0.29) is 25.0 Å². The molecule has 1 heterocycles. The van der Waals surface area contributed by atoms with Gasteiger partial charge in [-0.15, -0.1) is 0 Å². The maximum atomic E-state index is 12.3. The van der Waals surface area contributed by atoms with Crippen molar-refractivity contribution >= 4 is 11.8 Å². The molecule has 0 radical (unpaired) electrons. The first-order valence-corrected chi connectivity index (χ1v) is 17.4. The summed E-state index contributed by atoms with van der Waals surface area (Å²) in [6, 6.07) is 37.7. The quantitative estimate of drug-likeness (QED) is 0.0513. The lowest BCUT2D eigenvalue weighted by atomic mass is 9.80. The average molecular weight is 698 g/mol. The first kappa shape index (κ1) is 38.0. The van der Waals surface area contributed by atoms with Crippen LogP contribution in [0.2, 0.25) is 0 Å². The summed E-state index contributed by atoms with van der Waals surface area (Å²) in [6.45, 7) is 5.72. The number of carbonyl (C=O) groups excluding carboxylic acids is 2. The van der Waals surface area contributed by atoms with E-state index in [1.54, 1.807) is 24.3 Å². The lowest BCUT2D eigenvalue weighted by Crippen LogP contribution is -2.34. The normalized spacial score (nSPS) is 12.8. The maximum absolute atomic E-state index is 12.3. The molecule has 1 aliphatic rings. The van der Waals surface area contributed by atoms with Crippen molar-refractivity contribution in [2.45, 2.75) is 5.60 Å². The molecule has 5 rings (SSSR count). The number of rotatable bonds is 25. The van der Waals surface area contributed by atoms with Gasteiger partial charge in [0.15, 0.2) is 0 Å². The van der Waals surface area contributed by atoms with E-state index in [2.05, 4.69) is 36.4 Å². The molecular formula is C41H47NO9. The summed E-state index contributed by atoms with van der Waals surface area (Å²) in [5.74, 6) is -0.553. The predicted octanol–water partition coefficient (Wildman–Crippen LogP) is 5.39. The van der Waals surface area contributed by atoms with E-state index in [0.717, 1.165) is 16.7 Å². The molecule has 1 aliphatic heterocycles. The van der Waals surface area contributed by atoms with E-state index in [1.807, 2.05) is 54.6 Å². The lowest BCUT2D eigenvalue weighted by molar-refractivity contribution is -0.0395. The largest absolute Gasteiger partial charge is 0.377 e. The number of imide groups is 1. The van der Waals surface area contributed by atoms with Crippen LogP contribution in [0.15, 0.2) is 115 Å². The number of fused-ring (bicyclic) bond motifs is 1. The number of nitrogens with zero attached hydrogens (tertiary/aromatic N) is 1. The Hall–Kier alpha value is -4.26. The van der Waals surface area contributed by atoms with Gasteiger partial charge in [-0.2, -0.15) is 0 Å². The zero-order valence-electron chi connectivity index (χ0n) is 29.0. The van der Waals surface area contributed by atoms with E-state index in [1.165, 1.54) is 4.90 Å². The first-order chi connectivity index (χ1) is 25.2. The Labute approximate surface area is 300 Å². The van der Waals surface area contributed by atoms with Crippen LogP contribution in [-0.2, 0) is 38.8 Å². The average Bonchev–Trinajstić information content (AvgIpc) is 3.43. The Bertz CT molecular complexity index is 1460. The molecule has 4 aromatic carbocycles. The standard InChI is InChI=1S/C41H47NO9/c43-39-37-18-10-11-19-38(37)40(44)42(39)20-21-45-22-23-46-24-25-47-26-27-48-28-29-49-30-31-50-32-33-51-41(34-12-4-1-5-13-34,35-14-6-2-7-15-35)36-16-8-3-9-17-36/h1-19H,20-33H2. The van der Waals surface area contributed by atoms with Crippen molar-refractivity contribution in [1.29, 1.82) is 0 Å². The Morgan fingerprint density at radius 2 is 0.667 bits per heavy atom. The van der Waals surface area contributed by atoms with Crippen LogP contribution < -0.4 is 0 Å². The Morgan fingerprint density at radius 1 is 0.373 bits per heavy atom. The van der Waals surface area contributed by atoms with E-state index in [9.17, 15) is 9.59 Å². The molecule has 0 aliphatic carbocycles. The molecule has 0 atom stereocenters. The number of hydrogen-bond donors (Lipinski definition) is 0. The number of ether oxygens (including phenoxy) is 7. The van der Waals surface area contributed by atoms with Crippen molar-refractivity contribution in [3.63, 3.8) is 0 Å². The molecule has 0 aromatic heterocycles. The minimum absolute atomic E-state index is 0.213. The number of carbonyl (C=O) groups is 2. The topological polar surface area (TPSA) is 102 Å². The smallest absolute Gasteiger partial charge is 0.261 e. The van der Waals surface area contributed by atoms with Gasteiger partial charge in [-0.25, -0.2) is 0 Å². The summed E-state index contributed by atoms with van der Waals surface area (Å²) in [5, 5.41) is 0. The zero-order valence-corrected chi connectivity index (χ0v) is 29.0. The summed E-state index contributed by atoms with van der Waals surface area (Å²) in [4.78, 5) is 25.9. The molecule has 10 nitrogen and oxygen atoms in total. The van der Waals surface area contributed by atoms with Gasteiger partial charge in [0, 0.05) is 0 Å². The van der Waals surface area contributed by atoms with Crippen LogP contribution in [0.25, 0.3) is 0 Å². The van der Waals surface area contributed by atoms with Gasteiger partial charge in [0.1, 0.15) is 5.60 Å². The zero-order chi connectivity index (χ0) is 35.4. The fraction of sp³-hybridized carbons (Fsp3) is 0.366. The lowest BCUT2D eigenvalue weighted by Gasteiger charge is -2.36. The third-order valence-corrected chi connectivity index (χ3v) is 8.28. The van der Waals surface area contributed by atoms with Crippen molar-refractivity contribution < 1.29 is 42.7 Å². The second-order valence-corrected chi connectivity index (χ2v) is 11.6. The Morgan fingerprint density at radius 3 is 1.02 bits per heavy atom. The highest BCUT2D eigenvalue weighted by atomic mass is 16.6. The van der Waals surface area contributed by atoms with Gasteiger partial charge in [0.25, 0.3) is 11.8 Å². The Balaban J connectivity index is 0.841. The molecule has 4 aromatic rings. The summed E-state index contributed by atoms with van der Waals surface area (Å²) in [5.41, 5.74) is 3.30. The summed E-state index contributed by atoms with van der Waals surface area (Å²) in [7, 11) is 0. The highest BCUT2D eigenvalue weighted by Gasteiger charge is 2.37. The summed E-state index contributed by atoms with van der Waals surface area (Å²) < 4.78 is 40.3. The molecule has 0 saturated heterocycles. The van der Waals surface area contributed by atoms with Crippen molar-refractivity contribution in [2.24, 2.45) is 0 Å². The third kappa shape index (κ3) is 10.9. The predicted molar refractivity (Wildman–Crippen MR) is 192 cm³/mol. The van der Waals surface area contributed by atoms with Crippen LogP contribution in [0, 0.1) is 0 Å². The molecule has 0 saturated carbocycles. The van der Waals surface area contributed by atoms with E-state index in [4.69, 9.17) is 33.2 Å². The monoisotopic (exact) mass is 697 g/mol. The van der Waals surface area contributed by atoms with E-state index in [0.29, 0.717) is 90.4 Å². The Kier molecular flexibility index (Phi) is 15.8. The highest BCUT2D eigenvalue weighted by Crippen LogP contribution is 2.40. The van der Waals surface area contributed by atoms with Gasteiger partial charge < -0.3 is 33.2 Å². The number of amides is 2. The van der Waals surface area contributed by atoms with Crippen molar-refractivity contribution in [2.75, 3.05) is 92.4 Å². The van der Waals surface area contributed by atoms with Crippen molar-refractivity contribution in [3.05, 3.63) is 143 Å². The van der Waals surface area contributed by atoms with Gasteiger partial charge >= 0.3 is 0 Å². The molecule has 0 unspecified atom stereocenters. The van der Waals surface area contributed by atoms with Crippen LogP contribution >= 0.6 is 0 Å². The fourth-order valence-corrected chi connectivity index (χ4v) is 5.82. The van der Waals surface area contributed by atoms with Crippen LogP contribution in [0.3, 0.4) is 0 Å². The summed E-state index contributed by atoms with van der Waals surface area (Å²) >= 11 is 0. The second kappa shape index (κ2) is 21.2. The maximum Gasteiger partial charge on any atom is 0.261 e. The van der Waals surface area contributed by atoms with Gasteiger partial charge in [-0.3, -0.25) is 14.5 Å². The van der Waals surface area contributed by atoms with E-state index < -0.39 is 5.60 Å². The fourth-order valence-electron chi connectivity index (χ4n) is 5.82. The van der Waals surface area contributed by atoms with E-state index >= 15 is 0 Å². The molecule has 10 heteroatoms. The number of hydrogen-bond acceptors (Lipinski definition) is 9. The summed E-state index contributed by atoms with van der Waals surface area (Å²) in [6.07, 6.45) is 0. The highest BCUT2D eigenvalue weighted by molar-refractivity contribution is 6.21. The van der Waals surface area contributed by atoms with Gasteiger partial charge in [0.05, 0.1) is 104 Å². The van der Waals surface area contributed by atoms with Crippen LogP contribution in [0.5, 0.6) is 0 Å². The van der Waals surface area contributed by atoms with Crippen molar-refractivity contribution in [3.8, 4) is 0 Å². The van der Waals surface area contributed by atoms with Crippen LogP contribution in [0.4, 0.5) is 0 Å². The molecule has 2 amide bonds. The minimum atomic E-state index is -0.761. The molecule has 0 fully saturated rings. The van der Waals surface area contributed by atoms with Crippen LogP contribution in [0.1, 0.15) is 37.4 Å². The molecule has 0 bridgehead atoms. The van der Waals surface area contributed by atoms with Gasteiger partial charge in [-0.05, 0) is 28.8 Å². The molecule has 0 spiro atoms. The third-order valence-electron chi connectivity index (χ3n) is 8.28. The van der Waals surface area contributed by atoms with Crippen LogP contribution in [-0.4, -0.2) is 109 Å². The van der Waals surface area contributed by atoms with Gasteiger partial charge in [-0.1, -0.05) is 103 Å². The molecule has 51 heavy (non-hydrogen) atoms. The SMILES string of the molecule is O=C1c2ccccc2C(=O)N1CCOCCOCCOCCOCCOCCOCCOC(c1ccccc1)(c1ccccc1)c1ccccc1. The number of benzene rings is 4. The first-order valence-electron chi connectivity index (χ1n) is 17.4.